The van der Waals surface area contributed by atoms with Gasteiger partial charge in [-0.25, -0.2) is 4.79 Å². The van der Waals surface area contributed by atoms with E-state index in [9.17, 15) is 14.4 Å². The van der Waals surface area contributed by atoms with Crippen molar-refractivity contribution in [2.45, 2.75) is 46.2 Å². The molecule has 2 aliphatic rings. The third-order valence-corrected chi connectivity index (χ3v) is 5.97. The largest absolute Gasteiger partial charge is 0.465 e. The minimum atomic E-state index is -0.587. The number of carbonyl (C=O) groups is 3. The van der Waals surface area contributed by atoms with Crippen molar-refractivity contribution < 1.29 is 28.6 Å². The van der Waals surface area contributed by atoms with Crippen LogP contribution in [0.3, 0.4) is 0 Å². The smallest absolute Gasteiger partial charge is 0.338 e. The number of ether oxygens (including phenoxy) is 3. The summed E-state index contributed by atoms with van der Waals surface area (Å²) >= 11 is 0. The molecule has 33 heavy (non-hydrogen) atoms. The van der Waals surface area contributed by atoms with E-state index in [0.29, 0.717) is 46.8 Å². The van der Waals surface area contributed by atoms with Gasteiger partial charge in [0.1, 0.15) is 0 Å². The molecule has 2 aromatic carbocycles. The minimum Gasteiger partial charge on any atom is -0.465 e. The first-order chi connectivity index (χ1) is 15.8. The fraction of sp³-hybridized carbons (Fsp3) is 0.400. The third-order valence-electron chi connectivity index (χ3n) is 5.97. The van der Waals surface area contributed by atoms with E-state index >= 15 is 0 Å². The number of hydrogen-bond donors (Lipinski definition) is 0. The van der Waals surface area contributed by atoms with Crippen LogP contribution in [0.25, 0.3) is 11.1 Å². The van der Waals surface area contributed by atoms with Crippen LogP contribution in [0.15, 0.2) is 30.3 Å². The van der Waals surface area contributed by atoms with Crippen LogP contribution in [0.1, 0.15) is 43.6 Å². The van der Waals surface area contributed by atoms with Crippen LogP contribution in [0.4, 0.5) is 5.69 Å². The molecule has 0 saturated heterocycles. The first kappa shape index (κ1) is 22.6. The van der Waals surface area contributed by atoms with Gasteiger partial charge in [-0.05, 0) is 51.8 Å². The molecule has 0 aliphatic carbocycles. The van der Waals surface area contributed by atoms with E-state index in [4.69, 9.17) is 14.2 Å². The van der Waals surface area contributed by atoms with Gasteiger partial charge >= 0.3 is 17.8 Å². The summed E-state index contributed by atoms with van der Waals surface area (Å²) in [5, 5.41) is 0. The van der Waals surface area contributed by atoms with Crippen molar-refractivity contribution >= 4 is 23.5 Å². The van der Waals surface area contributed by atoms with Crippen LogP contribution in [0, 0.1) is 0 Å². The van der Waals surface area contributed by atoms with Crippen molar-refractivity contribution in [3.63, 3.8) is 0 Å². The van der Waals surface area contributed by atoms with Crippen molar-refractivity contribution in [3.05, 3.63) is 41.5 Å². The van der Waals surface area contributed by atoms with Crippen molar-refractivity contribution in [3.8, 4) is 22.6 Å². The Balaban J connectivity index is 1.79. The molecule has 8 nitrogen and oxygen atoms in total. The fourth-order valence-electron chi connectivity index (χ4n) is 4.64. The maximum atomic E-state index is 13.3. The van der Waals surface area contributed by atoms with Gasteiger partial charge in [0, 0.05) is 29.8 Å². The Bertz CT molecular complexity index is 1120. The topological polar surface area (TPSA) is 85.4 Å². The van der Waals surface area contributed by atoms with Crippen LogP contribution in [0.5, 0.6) is 11.5 Å². The molecule has 0 radical (unpaired) electrons. The SMILES string of the molecule is COC(=O)c1ccccc1-c1cc2c(c3c1OCO3)N(C(=O)C(=O)N(C(C)C)C(C)C)CC2. The number of anilines is 1. The number of hydrogen-bond acceptors (Lipinski definition) is 6. The summed E-state index contributed by atoms with van der Waals surface area (Å²) in [6, 6.07) is 8.81. The monoisotopic (exact) mass is 452 g/mol. The highest BCUT2D eigenvalue weighted by atomic mass is 16.7. The lowest BCUT2D eigenvalue weighted by Crippen LogP contribution is -2.50. The third kappa shape index (κ3) is 3.79. The fourth-order valence-corrected chi connectivity index (χ4v) is 4.64. The Hall–Kier alpha value is -3.55. The second-order valence-corrected chi connectivity index (χ2v) is 8.64. The van der Waals surface area contributed by atoms with E-state index in [0.717, 1.165) is 5.56 Å². The Morgan fingerprint density at radius 1 is 1.00 bits per heavy atom. The van der Waals surface area contributed by atoms with E-state index in [2.05, 4.69) is 0 Å². The molecule has 2 heterocycles. The molecule has 0 aromatic heterocycles. The zero-order chi connectivity index (χ0) is 23.9. The molecule has 8 heteroatoms. The molecule has 2 aliphatic heterocycles. The molecule has 2 aromatic rings. The summed E-state index contributed by atoms with van der Waals surface area (Å²) in [5.41, 5.74) is 3.17. The molecule has 0 unspecified atom stereocenters. The number of carbonyl (C=O) groups excluding carboxylic acids is 3. The van der Waals surface area contributed by atoms with Gasteiger partial charge in [0.05, 0.1) is 18.4 Å². The van der Waals surface area contributed by atoms with E-state index in [-0.39, 0.29) is 18.9 Å². The molecule has 4 rings (SSSR count). The predicted octanol–water partition coefficient (Wildman–Crippen LogP) is 3.40. The van der Waals surface area contributed by atoms with Crippen molar-refractivity contribution in [1.29, 1.82) is 0 Å². The Morgan fingerprint density at radius 2 is 1.67 bits per heavy atom. The summed E-state index contributed by atoms with van der Waals surface area (Å²) in [7, 11) is 1.34. The number of amides is 2. The lowest BCUT2D eigenvalue weighted by atomic mass is 9.95. The van der Waals surface area contributed by atoms with E-state index in [1.807, 2.05) is 45.9 Å². The lowest BCUT2D eigenvalue weighted by Gasteiger charge is -2.31. The standard InChI is InChI=1S/C25H28N2O6/c1-14(2)27(15(3)4)24(29)23(28)26-11-10-16-12-19(21-22(20(16)26)33-13-32-21)17-8-6-7-9-18(17)25(30)31-5/h6-9,12,14-15H,10-11,13H2,1-5H3. The highest BCUT2D eigenvalue weighted by Crippen LogP contribution is 2.52. The predicted molar refractivity (Wildman–Crippen MR) is 123 cm³/mol. The molecular formula is C25H28N2O6. The van der Waals surface area contributed by atoms with Gasteiger partial charge in [-0.3, -0.25) is 14.5 Å². The van der Waals surface area contributed by atoms with Gasteiger partial charge in [-0.1, -0.05) is 18.2 Å². The second kappa shape index (κ2) is 8.77. The molecule has 0 saturated carbocycles. The normalized spacial score (nSPS) is 14.0. The maximum absolute atomic E-state index is 13.3. The second-order valence-electron chi connectivity index (χ2n) is 8.64. The lowest BCUT2D eigenvalue weighted by molar-refractivity contribution is -0.146. The van der Waals surface area contributed by atoms with Crippen molar-refractivity contribution in [2.75, 3.05) is 25.3 Å². The Kier molecular flexibility index (Phi) is 6.01. The zero-order valence-electron chi connectivity index (χ0n) is 19.5. The highest BCUT2D eigenvalue weighted by Gasteiger charge is 2.39. The van der Waals surface area contributed by atoms with Gasteiger partial charge in [0.25, 0.3) is 0 Å². The van der Waals surface area contributed by atoms with Gasteiger partial charge in [-0.15, -0.1) is 0 Å². The number of methoxy groups -OCH3 is 1. The molecule has 0 fully saturated rings. The number of benzene rings is 2. The zero-order valence-corrected chi connectivity index (χ0v) is 19.5. The van der Waals surface area contributed by atoms with Gasteiger partial charge in [0.2, 0.25) is 6.79 Å². The first-order valence-corrected chi connectivity index (χ1v) is 11.0. The number of esters is 1. The molecular weight excluding hydrogens is 424 g/mol. The van der Waals surface area contributed by atoms with Crippen molar-refractivity contribution in [1.82, 2.24) is 4.90 Å². The average molecular weight is 453 g/mol. The Labute approximate surface area is 193 Å². The Morgan fingerprint density at radius 3 is 2.33 bits per heavy atom. The van der Waals surface area contributed by atoms with E-state index < -0.39 is 17.8 Å². The minimum absolute atomic E-state index is 0.0146. The summed E-state index contributed by atoms with van der Waals surface area (Å²) in [5.74, 6) is -0.718. The van der Waals surface area contributed by atoms with E-state index in [1.165, 1.54) is 12.0 Å². The summed E-state index contributed by atoms with van der Waals surface area (Å²) in [6.45, 7) is 7.91. The summed E-state index contributed by atoms with van der Waals surface area (Å²) in [6.07, 6.45) is 0.557. The molecule has 174 valence electrons. The summed E-state index contributed by atoms with van der Waals surface area (Å²) in [4.78, 5) is 41.8. The number of rotatable bonds is 4. The quantitative estimate of drug-likeness (QED) is 0.522. The molecule has 0 atom stereocenters. The molecule has 2 amide bonds. The van der Waals surface area contributed by atoms with Crippen LogP contribution < -0.4 is 14.4 Å². The van der Waals surface area contributed by atoms with Gasteiger partial charge in [-0.2, -0.15) is 0 Å². The van der Waals surface area contributed by atoms with Crippen LogP contribution in [-0.4, -0.2) is 55.2 Å². The van der Waals surface area contributed by atoms with E-state index in [1.54, 1.807) is 17.0 Å². The highest BCUT2D eigenvalue weighted by molar-refractivity contribution is 6.41. The molecule has 0 spiro atoms. The average Bonchev–Trinajstić information content (AvgIpc) is 3.43. The maximum Gasteiger partial charge on any atom is 0.338 e. The van der Waals surface area contributed by atoms with Crippen molar-refractivity contribution in [2.24, 2.45) is 0 Å². The molecule has 0 N–H and O–H groups in total. The summed E-state index contributed by atoms with van der Waals surface area (Å²) < 4.78 is 16.5. The molecule has 0 bridgehead atoms. The van der Waals surface area contributed by atoms with Gasteiger partial charge in [0.15, 0.2) is 11.5 Å². The van der Waals surface area contributed by atoms with Crippen LogP contribution in [-0.2, 0) is 20.7 Å². The number of nitrogens with zero attached hydrogens (tertiary/aromatic N) is 2. The number of fused-ring (bicyclic) bond motifs is 3. The van der Waals surface area contributed by atoms with Crippen LogP contribution >= 0.6 is 0 Å². The van der Waals surface area contributed by atoms with Gasteiger partial charge < -0.3 is 19.1 Å². The first-order valence-electron chi connectivity index (χ1n) is 11.0. The van der Waals surface area contributed by atoms with Crippen LogP contribution in [0.2, 0.25) is 0 Å².